The van der Waals surface area contributed by atoms with E-state index in [1.807, 2.05) is 6.08 Å². The first kappa shape index (κ1) is 13.4. The molecule has 1 aliphatic carbocycles. The molecule has 2 heterocycles. The van der Waals surface area contributed by atoms with Crippen molar-refractivity contribution in [2.24, 2.45) is 5.92 Å². The molecule has 0 spiro atoms. The number of rotatable bonds is 4. The molecule has 0 aromatic rings. The van der Waals surface area contributed by atoms with Gasteiger partial charge in [0.1, 0.15) is 5.70 Å². The van der Waals surface area contributed by atoms with Crippen molar-refractivity contribution in [2.45, 2.75) is 32.2 Å². The van der Waals surface area contributed by atoms with E-state index in [1.54, 1.807) is 0 Å². The molecule has 3 rings (SSSR count). The van der Waals surface area contributed by atoms with Crippen molar-refractivity contribution in [1.82, 2.24) is 16.0 Å². The number of dihydropyridines is 1. The molecule has 0 aromatic heterocycles. The van der Waals surface area contributed by atoms with Crippen LogP contribution in [0.25, 0.3) is 0 Å². The summed E-state index contributed by atoms with van der Waals surface area (Å²) in [4.78, 5) is 12.1. The van der Waals surface area contributed by atoms with Gasteiger partial charge < -0.3 is 16.0 Å². The van der Waals surface area contributed by atoms with Crippen LogP contribution in [0.15, 0.2) is 35.1 Å². The van der Waals surface area contributed by atoms with E-state index in [-0.39, 0.29) is 11.9 Å². The Morgan fingerprint density at radius 2 is 2.25 bits per heavy atom. The fourth-order valence-electron chi connectivity index (χ4n) is 2.74. The van der Waals surface area contributed by atoms with Gasteiger partial charge in [0.2, 0.25) is 0 Å². The number of hydrogen-bond acceptors (Lipinski definition) is 3. The lowest BCUT2D eigenvalue weighted by atomic mass is 9.92. The van der Waals surface area contributed by atoms with Crippen molar-refractivity contribution < 1.29 is 4.79 Å². The highest BCUT2D eigenvalue weighted by Gasteiger charge is 2.24. The number of allylic oxidation sites excluding steroid dienone is 2. The summed E-state index contributed by atoms with van der Waals surface area (Å²) >= 11 is 0. The number of carbonyl (C=O) groups excluding carboxylic acids is 1. The molecule has 3 N–H and O–H groups in total. The SMILES string of the molecule is CC1NC(C(=O)NCC2CC2)=CC=C1C1=CCNCC1. The van der Waals surface area contributed by atoms with Crippen molar-refractivity contribution in [3.63, 3.8) is 0 Å². The van der Waals surface area contributed by atoms with Crippen LogP contribution in [0.4, 0.5) is 0 Å². The van der Waals surface area contributed by atoms with Crippen LogP contribution < -0.4 is 16.0 Å². The average Bonchev–Trinajstić information content (AvgIpc) is 3.30. The standard InChI is InChI=1S/C16H23N3O/c1-11-14(13-6-8-17-9-7-13)4-5-15(19-11)16(20)18-10-12-2-3-12/h4-6,11-12,17,19H,2-3,7-10H2,1H3,(H,18,20). The van der Waals surface area contributed by atoms with Crippen molar-refractivity contribution in [2.75, 3.05) is 19.6 Å². The van der Waals surface area contributed by atoms with Crippen LogP contribution in [0.3, 0.4) is 0 Å². The van der Waals surface area contributed by atoms with Crippen molar-refractivity contribution in [3.8, 4) is 0 Å². The molecular formula is C16H23N3O. The molecule has 1 amide bonds. The molecule has 2 aliphatic heterocycles. The van der Waals surface area contributed by atoms with Gasteiger partial charge in [0.05, 0.1) is 0 Å². The summed E-state index contributed by atoms with van der Waals surface area (Å²) in [6, 6.07) is 0.200. The Labute approximate surface area is 120 Å². The monoisotopic (exact) mass is 273 g/mol. The molecule has 1 saturated carbocycles. The van der Waals surface area contributed by atoms with Gasteiger partial charge in [-0.1, -0.05) is 12.2 Å². The predicted octanol–water partition coefficient (Wildman–Crippen LogP) is 1.23. The van der Waals surface area contributed by atoms with Gasteiger partial charge in [-0.15, -0.1) is 0 Å². The Bertz CT molecular complexity index is 486. The van der Waals surface area contributed by atoms with Crippen molar-refractivity contribution >= 4 is 5.91 Å². The van der Waals surface area contributed by atoms with Crippen LogP contribution in [0.1, 0.15) is 26.2 Å². The lowest BCUT2D eigenvalue weighted by Crippen LogP contribution is -2.39. The summed E-state index contributed by atoms with van der Waals surface area (Å²) in [5.74, 6) is 0.741. The van der Waals surface area contributed by atoms with Gasteiger partial charge in [0.25, 0.3) is 5.91 Å². The van der Waals surface area contributed by atoms with E-state index in [4.69, 9.17) is 0 Å². The molecule has 1 fully saturated rings. The maximum Gasteiger partial charge on any atom is 0.267 e. The zero-order chi connectivity index (χ0) is 13.9. The molecule has 0 radical (unpaired) electrons. The molecule has 4 nitrogen and oxygen atoms in total. The van der Waals surface area contributed by atoms with Crippen LogP contribution in [0.2, 0.25) is 0 Å². The first-order valence-electron chi connectivity index (χ1n) is 7.61. The molecule has 108 valence electrons. The van der Waals surface area contributed by atoms with E-state index in [1.165, 1.54) is 24.0 Å². The topological polar surface area (TPSA) is 53.2 Å². The minimum Gasteiger partial charge on any atom is -0.374 e. The molecule has 20 heavy (non-hydrogen) atoms. The third kappa shape index (κ3) is 3.12. The van der Waals surface area contributed by atoms with Crippen LogP contribution in [-0.4, -0.2) is 31.6 Å². The van der Waals surface area contributed by atoms with E-state index in [0.29, 0.717) is 11.6 Å². The summed E-state index contributed by atoms with van der Waals surface area (Å²) < 4.78 is 0. The second-order valence-electron chi connectivity index (χ2n) is 5.91. The van der Waals surface area contributed by atoms with Crippen LogP contribution in [-0.2, 0) is 4.79 Å². The highest BCUT2D eigenvalue weighted by atomic mass is 16.2. The van der Waals surface area contributed by atoms with Gasteiger partial charge in [-0.2, -0.15) is 0 Å². The number of amides is 1. The van der Waals surface area contributed by atoms with E-state index in [0.717, 1.165) is 26.1 Å². The zero-order valence-corrected chi connectivity index (χ0v) is 12.0. The Morgan fingerprint density at radius 1 is 1.40 bits per heavy atom. The summed E-state index contributed by atoms with van der Waals surface area (Å²) in [5.41, 5.74) is 3.40. The van der Waals surface area contributed by atoms with Gasteiger partial charge >= 0.3 is 0 Å². The second-order valence-corrected chi connectivity index (χ2v) is 5.91. The third-order valence-corrected chi connectivity index (χ3v) is 4.20. The average molecular weight is 273 g/mol. The van der Waals surface area contributed by atoms with E-state index < -0.39 is 0 Å². The van der Waals surface area contributed by atoms with Crippen LogP contribution in [0, 0.1) is 5.92 Å². The maximum absolute atomic E-state index is 12.1. The summed E-state index contributed by atoms with van der Waals surface area (Å²) in [6.07, 6.45) is 9.85. The molecule has 1 atom stereocenters. The number of carbonyl (C=O) groups is 1. The van der Waals surface area contributed by atoms with E-state index in [2.05, 4.69) is 35.0 Å². The van der Waals surface area contributed by atoms with Crippen molar-refractivity contribution in [1.29, 1.82) is 0 Å². The smallest absolute Gasteiger partial charge is 0.267 e. The highest BCUT2D eigenvalue weighted by Crippen LogP contribution is 2.28. The molecule has 1 unspecified atom stereocenters. The van der Waals surface area contributed by atoms with Crippen LogP contribution in [0.5, 0.6) is 0 Å². The van der Waals surface area contributed by atoms with Gasteiger partial charge in [-0.3, -0.25) is 4.79 Å². The minimum atomic E-state index is 0.0262. The van der Waals surface area contributed by atoms with Gasteiger partial charge in [-0.25, -0.2) is 0 Å². The number of nitrogens with one attached hydrogen (secondary N) is 3. The molecule has 4 heteroatoms. The zero-order valence-electron chi connectivity index (χ0n) is 12.0. The summed E-state index contributed by atoms with van der Waals surface area (Å²) in [7, 11) is 0. The Kier molecular flexibility index (Phi) is 3.92. The molecule has 0 saturated heterocycles. The Balaban J connectivity index is 1.65. The Morgan fingerprint density at radius 3 is 2.90 bits per heavy atom. The molecule has 3 aliphatic rings. The lowest BCUT2D eigenvalue weighted by Gasteiger charge is -2.27. The lowest BCUT2D eigenvalue weighted by molar-refractivity contribution is -0.118. The van der Waals surface area contributed by atoms with Gasteiger partial charge in [0.15, 0.2) is 0 Å². The normalized spacial score (nSPS) is 26.1. The predicted molar refractivity (Wildman–Crippen MR) is 80.1 cm³/mol. The molecule has 0 aromatic carbocycles. The van der Waals surface area contributed by atoms with Gasteiger partial charge in [0, 0.05) is 19.1 Å². The first-order valence-corrected chi connectivity index (χ1v) is 7.61. The molecular weight excluding hydrogens is 250 g/mol. The highest BCUT2D eigenvalue weighted by molar-refractivity contribution is 5.93. The third-order valence-electron chi connectivity index (χ3n) is 4.20. The van der Waals surface area contributed by atoms with E-state index in [9.17, 15) is 4.79 Å². The minimum absolute atomic E-state index is 0.0262. The first-order chi connectivity index (χ1) is 9.74. The van der Waals surface area contributed by atoms with Gasteiger partial charge in [-0.05, 0) is 55.9 Å². The quantitative estimate of drug-likeness (QED) is 0.722. The summed E-state index contributed by atoms with van der Waals surface area (Å²) in [6.45, 7) is 4.92. The maximum atomic E-state index is 12.1. The van der Waals surface area contributed by atoms with E-state index >= 15 is 0 Å². The second kappa shape index (κ2) is 5.83. The fraction of sp³-hybridized carbons (Fsp3) is 0.562. The fourth-order valence-corrected chi connectivity index (χ4v) is 2.74. The molecule has 0 bridgehead atoms. The van der Waals surface area contributed by atoms with Crippen molar-refractivity contribution in [3.05, 3.63) is 35.1 Å². The Hall–Kier alpha value is -1.55. The number of hydrogen-bond donors (Lipinski definition) is 3. The largest absolute Gasteiger partial charge is 0.374 e. The summed E-state index contributed by atoms with van der Waals surface area (Å²) in [5, 5.41) is 9.66. The van der Waals surface area contributed by atoms with Crippen LogP contribution >= 0.6 is 0 Å².